The Morgan fingerprint density at radius 1 is 1.18 bits per heavy atom. The molecule has 0 saturated heterocycles. The minimum absolute atomic E-state index is 0.732. The lowest BCUT2D eigenvalue weighted by Gasteiger charge is -2.17. The van der Waals surface area contributed by atoms with Crippen LogP contribution in [0.25, 0.3) is 0 Å². The molecule has 17 heavy (non-hydrogen) atoms. The summed E-state index contributed by atoms with van der Waals surface area (Å²) in [6.07, 6.45) is 3.97. The molecule has 0 bridgehead atoms. The zero-order chi connectivity index (χ0) is 12.4. The van der Waals surface area contributed by atoms with E-state index in [-0.39, 0.29) is 0 Å². The summed E-state index contributed by atoms with van der Waals surface area (Å²) in [5.41, 5.74) is 5.86. The van der Waals surface area contributed by atoms with Crippen molar-refractivity contribution in [1.29, 1.82) is 0 Å². The fraction of sp³-hybridized carbons (Fsp3) is 0.625. The molecule has 1 heteroatoms. The first kappa shape index (κ1) is 12.6. The van der Waals surface area contributed by atoms with E-state index >= 15 is 0 Å². The molecule has 1 fully saturated rings. The molecule has 1 unspecified atom stereocenters. The first-order valence-corrected chi connectivity index (χ1v) is 6.86. The molecule has 1 aliphatic carbocycles. The maximum Gasteiger partial charge on any atom is 0.00683 e. The number of hydrogen-bond acceptors (Lipinski definition) is 1. The van der Waals surface area contributed by atoms with Crippen molar-refractivity contribution in [3.63, 3.8) is 0 Å². The molecule has 1 saturated carbocycles. The summed E-state index contributed by atoms with van der Waals surface area (Å²) in [4.78, 5) is 0. The highest BCUT2D eigenvalue weighted by Crippen LogP contribution is 2.22. The van der Waals surface area contributed by atoms with E-state index in [9.17, 15) is 0 Å². The maximum absolute atomic E-state index is 3.63. The van der Waals surface area contributed by atoms with Crippen LogP contribution in [0.1, 0.15) is 42.0 Å². The van der Waals surface area contributed by atoms with E-state index in [1.54, 1.807) is 5.56 Å². The number of benzene rings is 1. The van der Waals surface area contributed by atoms with Crippen molar-refractivity contribution in [1.82, 2.24) is 5.32 Å². The van der Waals surface area contributed by atoms with Gasteiger partial charge in [0.05, 0.1) is 0 Å². The Kier molecular flexibility index (Phi) is 3.88. The molecule has 0 spiro atoms. The second-order valence-electron chi connectivity index (χ2n) is 5.87. The van der Waals surface area contributed by atoms with Gasteiger partial charge in [-0.05, 0) is 69.2 Å². The average Bonchev–Trinajstić information content (AvgIpc) is 3.04. The van der Waals surface area contributed by atoms with Crippen LogP contribution in [0.3, 0.4) is 0 Å². The van der Waals surface area contributed by atoms with Crippen molar-refractivity contribution < 1.29 is 0 Å². The third-order valence-electron chi connectivity index (χ3n) is 3.73. The van der Waals surface area contributed by atoms with E-state index in [1.165, 1.54) is 36.0 Å². The molecule has 94 valence electrons. The maximum atomic E-state index is 3.63. The van der Waals surface area contributed by atoms with Crippen LogP contribution in [0.5, 0.6) is 0 Å². The van der Waals surface area contributed by atoms with Crippen LogP contribution in [0.15, 0.2) is 12.1 Å². The van der Waals surface area contributed by atoms with Crippen molar-refractivity contribution in [3.8, 4) is 0 Å². The Hall–Kier alpha value is -0.820. The van der Waals surface area contributed by atoms with Gasteiger partial charge in [-0.25, -0.2) is 0 Å². The second-order valence-corrected chi connectivity index (χ2v) is 5.87. The van der Waals surface area contributed by atoms with E-state index in [0.717, 1.165) is 18.5 Å². The Morgan fingerprint density at radius 2 is 1.76 bits per heavy atom. The van der Waals surface area contributed by atoms with Crippen molar-refractivity contribution in [2.75, 3.05) is 6.54 Å². The van der Waals surface area contributed by atoms with Crippen LogP contribution in [0.4, 0.5) is 0 Å². The van der Waals surface area contributed by atoms with Crippen LogP contribution in [0.2, 0.25) is 0 Å². The molecule has 0 heterocycles. The number of aryl methyl sites for hydroxylation is 3. The number of nitrogens with one attached hydrogen (secondary N) is 1. The third kappa shape index (κ3) is 3.57. The first-order chi connectivity index (χ1) is 8.06. The van der Waals surface area contributed by atoms with E-state index in [2.05, 4.69) is 45.1 Å². The largest absolute Gasteiger partial charge is 0.314 e. The lowest BCUT2D eigenvalue weighted by molar-refractivity contribution is 0.507. The second kappa shape index (κ2) is 5.22. The summed E-state index contributed by atoms with van der Waals surface area (Å²) in [7, 11) is 0. The highest BCUT2D eigenvalue weighted by atomic mass is 14.9. The van der Waals surface area contributed by atoms with E-state index in [1.807, 2.05) is 0 Å². The zero-order valence-corrected chi connectivity index (χ0v) is 11.6. The fourth-order valence-electron chi connectivity index (χ4n) is 2.61. The molecule has 1 aliphatic rings. The van der Waals surface area contributed by atoms with Gasteiger partial charge < -0.3 is 5.32 Å². The van der Waals surface area contributed by atoms with E-state index < -0.39 is 0 Å². The molecular formula is C16H25N. The number of hydrogen-bond donors (Lipinski definition) is 1. The predicted octanol–water partition coefficient (Wildman–Crippen LogP) is 3.54. The molecule has 0 amide bonds. The van der Waals surface area contributed by atoms with Gasteiger partial charge in [-0.2, -0.15) is 0 Å². The van der Waals surface area contributed by atoms with Crippen LogP contribution in [-0.2, 0) is 6.42 Å². The lowest BCUT2D eigenvalue weighted by Crippen LogP contribution is -2.24. The lowest BCUT2D eigenvalue weighted by atomic mass is 9.92. The van der Waals surface area contributed by atoms with Gasteiger partial charge >= 0.3 is 0 Å². The molecule has 1 N–H and O–H groups in total. The average molecular weight is 231 g/mol. The van der Waals surface area contributed by atoms with Crippen LogP contribution in [0, 0.1) is 26.7 Å². The molecule has 0 radical (unpaired) electrons. The predicted molar refractivity (Wildman–Crippen MR) is 74.5 cm³/mol. The topological polar surface area (TPSA) is 12.0 Å². The molecular weight excluding hydrogens is 206 g/mol. The van der Waals surface area contributed by atoms with Gasteiger partial charge in [0.1, 0.15) is 0 Å². The Labute approximate surface area is 106 Å². The van der Waals surface area contributed by atoms with Gasteiger partial charge in [-0.15, -0.1) is 0 Å². The van der Waals surface area contributed by atoms with Gasteiger partial charge in [0.15, 0.2) is 0 Å². The normalized spacial score (nSPS) is 17.2. The van der Waals surface area contributed by atoms with E-state index in [4.69, 9.17) is 0 Å². The highest BCUT2D eigenvalue weighted by molar-refractivity contribution is 5.37. The highest BCUT2D eigenvalue weighted by Gasteiger charge is 2.21. The van der Waals surface area contributed by atoms with Crippen molar-refractivity contribution in [2.24, 2.45) is 5.92 Å². The smallest absolute Gasteiger partial charge is 0.00683 e. The monoisotopic (exact) mass is 231 g/mol. The van der Waals surface area contributed by atoms with Crippen LogP contribution in [-0.4, -0.2) is 12.6 Å². The SMILES string of the molecule is Cc1cc(C)c(CC(C)CNC2CC2)c(C)c1. The minimum Gasteiger partial charge on any atom is -0.314 e. The zero-order valence-electron chi connectivity index (χ0n) is 11.6. The van der Waals surface area contributed by atoms with Crippen molar-refractivity contribution >= 4 is 0 Å². The Balaban J connectivity index is 1.96. The molecule has 0 aromatic heterocycles. The summed E-state index contributed by atoms with van der Waals surface area (Å²) >= 11 is 0. The van der Waals surface area contributed by atoms with Gasteiger partial charge in [-0.1, -0.05) is 24.6 Å². The Bertz CT molecular complexity index is 368. The van der Waals surface area contributed by atoms with Crippen LogP contribution < -0.4 is 5.32 Å². The minimum atomic E-state index is 0.732. The summed E-state index contributed by atoms with van der Waals surface area (Å²) in [6, 6.07) is 5.45. The standard InChI is InChI=1S/C16H25N/c1-11-7-13(3)16(14(4)8-11)9-12(2)10-17-15-5-6-15/h7-8,12,15,17H,5-6,9-10H2,1-4H3. The quantitative estimate of drug-likeness (QED) is 0.817. The molecule has 1 aromatic rings. The van der Waals surface area contributed by atoms with Gasteiger partial charge in [0.2, 0.25) is 0 Å². The number of rotatable bonds is 5. The molecule has 1 nitrogen and oxygen atoms in total. The summed E-state index contributed by atoms with van der Waals surface area (Å²) in [5, 5.41) is 3.63. The summed E-state index contributed by atoms with van der Waals surface area (Å²) in [6.45, 7) is 10.2. The van der Waals surface area contributed by atoms with Gasteiger partial charge in [-0.3, -0.25) is 0 Å². The Morgan fingerprint density at radius 3 is 2.29 bits per heavy atom. The first-order valence-electron chi connectivity index (χ1n) is 6.86. The van der Waals surface area contributed by atoms with Crippen molar-refractivity contribution in [3.05, 3.63) is 34.4 Å². The van der Waals surface area contributed by atoms with Crippen LogP contribution >= 0.6 is 0 Å². The molecule has 1 atom stereocenters. The summed E-state index contributed by atoms with van der Waals surface area (Å²) < 4.78 is 0. The summed E-state index contributed by atoms with van der Waals surface area (Å²) in [5.74, 6) is 0.732. The molecule has 2 rings (SSSR count). The van der Waals surface area contributed by atoms with Gasteiger partial charge in [0.25, 0.3) is 0 Å². The van der Waals surface area contributed by atoms with E-state index in [0.29, 0.717) is 0 Å². The van der Waals surface area contributed by atoms with Gasteiger partial charge in [0, 0.05) is 6.04 Å². The third-order valence-corrected chi connectivity index (χ3v) is 3.73. The van der Waals surface area contributed by atoms with Crippen molar-refractivity contribution in [2.45, 2.75) is 53.0 Å². The fourth-order valence-corrected chi connectivity index (χ4v) is 2.61. The molecule has 1 aromatic carbocycles. The molecule has 0 aliphatic heterocycles.